The maximum Gasteiger partial charge on any atom is 0.303 e. The highest BCUT2D eigenvalue weighted by atomic mass is 16.6. The lowest BCUT2D eigenvalue weighted by atomic mass is 9.98. The van der Waals surface area contributed by atoms with Crippen LogP contribution in [-0.4, -0.2) is 30.4 Å². The van der Waals surface area contributed by atoms with Crippen LogP contribution in [0.3, 0.4) is 0 Å². The molecule has 3 aromatic rings. The van der Waals surface area contributed by atoms with Crippen LogP contribution in [-0.2, 0) is 19.1 Å². The molecule has 0 aliphatic heterocycles. The molecule has 0 aliphatic rings. The van der Waals surface area contributed by atoms with E-state index in [2.05, 4.69) is 0 Å². The van der Waals surface area contributed by atoms with Gasteiger partial charge in [0.05, 0.1) is 5.71 Å². The van der Waals surface area contributed by atoms with E-state index in [9.17, 15) is 9.59 Å². The van der Waals surface area contributed by atoms with E-state index in [0.29, 0.717) is 0 Å². The van der Waals surface area contributed by atoms with Gasteiger partial charge in [0.25, 0.3) is 0 Å². The van der Waals surface area contributed by atoms with E-state index >= 15 is 0 Å². The van der Waals surface area contributed by atoms with Gasteiger partial charge in [-0.15, -0.1) is 0 Å². The normalized spacial score (nSPS) is 12.3. The number of rotatable bonds is 8. The van der Waals surface area contributed by atoms with E-state index in [4.69, 9.17) is 14.5 Å². The summed E-state index contributed by atoms with van der Waals surface area (Å²) in [7, 11) is 0. The number of benzene rings is 3. The first-order chi connectivity index (χ1) is 15.0. The predicted octanol–water partition coefficient (Wildman–Crippen LogP) is 4.76. The van der Waals surface area contributed by atoms with E-state index in [0.717, 1.165) is 22.4 Å². The molecule has 0 aliphatic carbocycles. The van der Waals surface area contributed by atoms with Crippen molar-refractivity contribution < 1.29 is 19.1 Å². The van der Waals surface area contributed by atoms with Crippen molar-refractivity contribution in [2.24, 2.45) is 4.99 Å². The van der Waals surface area contributed by atoms with Crippen molar-refractivity contribution in [2.45, 2.75) is 26.0 Å². The molecule has 0 spiro atoms. The van der Waals surface area contributed by atoms with Gasteiger partial charge in [0.1, 0.15) is 12.6 Å². The van der Waals surface area contributed by atoms with E-state index in [1.165, 1.54) is 13.8 Å². The third kappa shape index (κ3) is 6.37. The summed E-state index contributed by atoms with van der Waals surface area (Å²) in [6.45, 7) is 2.57. The summed E-state index contributed by atoms with van der Waals surface area (Å²) >= 11 is 0. The fourth-order valence-electron chi connectivity index (χ4n) is 3.27. The van der Waals surface area contributed by atoms with Crippen molar-refractivity contribution in [3.8, 4) is 0 Å². The highest BCUT2D eigenvalue weighted by Crippen LogP contribution is 2.27. The van der Waals surface area contributed by atoms with Gasteiger partial charge in [0.15, 0.2) is 6.10 Å². The maximum absolute atomic E-state index is 11.8. The van der Waals surface area contributed by atoms with Crippen LogP contribution in [0.15, 0.2) is 96.0 Å². The van der Waals surface area contributed by atoms with E-state index in [-0.39, 0.29) is 6.61 Å². The van der Waals surface area contributed by atoms with Crippen LogP contribution < -0.4 is 0 Å². The lowest BCUT2D eigenvalue weighted by molar-refractivity contribution is -0.157. The van der Waals surface area contributed by atoms with Crippen molar-refractivity contribution in [1.82, 2.24) is 0 Å². The Morgan fingerprint density at radius 1 is 0.742 bits per heavy atom. The second kappa shape index (κ2) is 10.9. The third-order valence-electron chi connectivity index (χ3n) is 4.62. The van der Waals surface area contributed by atoms with Crippen molar-refractivity contribution in [3.05, 3.63) is 108 Å². The van der Waals surface area contributed by atoms with Crippen LogP contribution in [0.5, 0.6) is 0 Å². The van der Waals surface area contributed by atoms with Crippen LogP contribution in [0.4, 0.5) is 0 Å². The predicted molar refractivity (Wildman–Crippen MR) is 120 cm³/mol. The van der Waals surface area contributed by atoms with E-state index < -0.39 is 24.1 Å². The SMILES string of the molecule is CC(=O)OCC(OC(C)=O)C(N=C(c1ccccc1)c1ccccc1)c1ccccc1. The minimum atomic E-state index is -0.772. The zero-order valence-corrected chi connectivity index (χ0v) is 17.6. The van der Waals surface area contributed by atoms with E-state index in [1.54, 1.807) is 0 Å². The largest absolute Gasteiger partial charge is 0.462 e. The minimum absolute atomic E-state index is 0.0885. The average Bonchev–Trinajstić information content (AvgIpc) is 2.79. The van der Waals surface area contributed by atoms with Crippen LogP contribution in [0.2, 0.25) is 0 Å². The summed E-state index contributed by atoms with van der Waals surface area (Å²) in [5, 5.41) is 0. The van der Waals surface area contributed by atoms with Crippen molar-refractivity contribution in [3.63, 3.8) is 0 Å². The zero-order chi connectivity index (χ0) is 22.1. The van der Waals surface area contributed by atoms with Gasteiger partial charge in [0, 0.05) is 25.0 Å². The summed E-state index contributed by atoms with van der Waals surface area (Å²) in [5.74, 6) is -0.909. The summed E-state index contributed by atoms with van der Waals surface area (Å²) < 4.78 is 10.8. The van der Waals surface area contributed by atoms with Gasteiger partial charge in [-0.3, -0.25) is 14.6 Å². The molecule has 0 N–H and O–H groups in total. The summed E-state index contributed by atoms with van der Waals surface area (Å²) in [5.41, 5.74) is 3.48. The lowest BCUT2D eigenvalue weighted by Crippen LogP contribution is -2.30. The van der Waals surface area contributed by atoms with Crippen LogP contribution in [0, 0.1) is 0 Å². The highest BCUT2D eigenvalue weighted by Gasteiger charge is 2.28. The molecule has 5 nitrogen and oxygen atoms in total. The molecule has 0 fully saturated rings. The van der Waals surface area contributed by atoms with Crippen LogP contribution >= 0.6 is 0 Å². The molecule has 0 bridgehead atoms. The average molecular weight is 415 g/mol. The second-order valence-electron chi connectivity index (χ2n) is 7.02. The Balaban J connectivity index is 2.14. The molecule has 158 valence electrons. The Labute approximate surface area is 182 Å². The van der Waals surface area contributed by atoms with Crippen molar-refractivity contribution >= 4 is 17.7 Å². The summed E-state index contributed by atoms with van der Waals surface area (Å²) in [6.07, 6.45) is -0.772. The fraction of sp³-hybridized carbons (Fsp3) is 0.192. The van der Waals surface area contributed by atoms with Gasteiger partial charge in [-0.05, 0) is 5.56 Å². The Morgan fingerprint density at radius 2 is 1.23 bits per heavy atom. The maximum atomic E-state index is 11.8. The molecule has 3 rings (SSSR count). The highest BCUT2D eigenvalue weighted by molar-refractivity contribution is 6.13. The Kier molecular flexibility index (Phi) is 7.71. The Bertz CT molecular complexity index is 976. The van der Waals surface area contributed by atoms with Gasteiger partial charge < -0.3 is 9.47 Å². The second-order valence-corrected chi connectivity index (χ2v) is 7.02. The quantitative estimate of drug-likeness (QED) is 0.393. The van der Waals surface area contributed by atoms with Crippen molar-refractivity contribution in [1.29, 1.82) is 0 Å². The lowest BCUT2D eigenvalue weighted by Gasteiger charge is -2.25. The van der Waals surface area contributed by atoms with Gasteiger partial charge >= 0.3 is 11.9 Å². The van der Waals surface area contributed by atoms with Crippen LogP contribution in [0.1, 0.15) is 36.6 Å². The molecule has 0 heterocycles. The summed E-state index contributed by atoms with van der Waals surface area (Å²) in [6, 6.07) is 28.6. The number of hydrogen-bond donors (Lipinski definition) is 0. The molecule has 2 atom stereocenters. The van der Waals surface area contributed by atoms with Gasteiger partial charge in [-0.25, -0.2) is 0 Å². The fourth-order valence-corrected chi connectivity index (χ4v) is 3.27. The number of aliphatic imine (C=N–C) groups is 1. The minimum Gasteiger partial charge on any atom is -0.462 e. The first-order valence-electron chi connectivity index (χ1n) is 10.1. The molecular weight excluding hydrogens is 390 g/mol. The number of carbonyl (C=O) groups is 2. The molecule has 2 unspecified atom stereocenters. The molecule has 5 heteroatoms. The van der Waals surface area contributed by atoms with Gasteiger partial charge in [0.2, 0.25) is 0 Å². The van der Waals surface area contributed by atoms with E-state index in [1.807, 2.05) is 91.0 Å². The monoisotopic (exact) mass is 415 g/mol. The van der Waals surface area contributed by atoms with Gasteiger partial charge in [-0.1, -0.05) is 91.0 Å². The Hall–Kier alpha value is -3.73. The third-order valence-corrected chi connectivity index (χ3v) is 4.62. The Morgan fingerprint density at radius 3 is 1.68 bits per heavy atom. The number of carbonyl (C=O) groups excluding carboxylic acids is 2. The van der Waals surface area contributed by atoms with Crippen LogP contribution in [0.25, 0.3) is 0 Å². The molecule has 0 saturated heterocycles. The zero-order valence-electron chi connectivity index (χ0n) is 17.6. The smallest absolute Gasteiger partial charge is 0.303 e. The topological polar surface area (TPSA) is 65.0 Å². The molecule has 0 amide bonds. The van der Waals surface area contributed by atoms with Crippen molar-refractivity contribution in [2.75, 3.05) is 6.61 Å². The number of nitrogens with zero attached hydrogens (tertiary/aromatic N) is 1. The molecule has 0 radical (unpaired) electrons. The number of hydrogen-bond acceptors (Lipinski definition) is 5. The summed E-state index contributed by atoms with van der Waals surface area (Å²) in [4.78, 5) is 28.4. The first-order valence-corrected chi connectivity index (χ1v) is 10.1. The number of esters is 2. The number of ether oxygens (including phenoxy) is 2. The molecular formula is C26H25NO4. The molecule has 0 aromatic heterocycles. The molecule has 3 aromatic carbocycles. The standard InChI is InChI=1S/C26H25NO4/c1-19(28)30-18-24(31-20(2)29)26(23-16-10-5-11-17-23)27-25(21-12-6-3-7-13-21)22-14-8-4-9-15-22/h3-17,24,26H,18H2,1-2H3. The molecule has 0 saturated carbocycles. The molecule has 31 heavy (non-hydrogen) atoms. The first kappa shape index (κ1) is 22.0. The van der Waals surface area contributed by atoms with Gasteiger partial charge in [-0.2, -0.15) is 0 Å².